The first kappa shape index (κ1) is 12.4. The van der Waals surface area contributed by atoms with Crippen molar-refractivity contribution in [2.24, 2.45) is 0 Å². The Balaban J connectivity index is 2.25. The molecule has 0 radical (unpaired) electrons. The molecule has 1 fully saturated rings. The standard InChI is InChI=1S/C14H22N2O/c1-14(2)11-16(12-7-5-4-6-8-12)13(10-17)9-15(14)3/h4-8,13,17H,9-11H2,1-3H3. The molecule has 1 N–H and O–H groups in total. The van der Waals surface area contributed by atoms with Crippen LogP contribution in [0.1, 0.15) is 13.8 Å². The molecule has 0 amide bonds. The first-order valence-corrected chi connectivity index (χ1v) is 6.18. The van der Waals surface area contributed by atoms with Gasteiger partial charge in [0.2, 0.25) is 0 Å². The Morgan fingerprint density at radius 1 is 1.29 bits per heavy atom. The molecule has 0 aromatic heterocycles. The number of hydrogen-bond acceptors (Lipinski definition) is 3. The molecular weight excluding hydrogens is 212 g/mol. The average molecular weight is 234 g/mol. The number of rotatable bonds is 2. The van der Waals surface area contributed by atoms with Crippen LogP contribution in [0, 0.1) is 0 Å². The summed E-state index contributed by atoms with van der Waals surface area (Å²) in [4.78, 5) is 4.65. The second-order valence-electron chi connectivity index (χ2n) is 5.49. The third-order valence-electron chi connectivity index (χ3n) is 3.81. The fourth-order valence-electron chi connectivity index (χ4n) is 2.41. The molecule has 94 valence electrons. The van der Waals surface area contributed by atoms with E-state index < -0.39 is 0 Å². The van der Waals surface area contributed by atoms with E-state index in [1.54, 1.807) is 0 Å². The summed E-state index contributed by atoms with van der Waals surface area (Å²) in [6.07, 6.45) is 0. The fraction of sp³-hybridized carbons (Fsp3) is 0.571. The molecule has 0 bridgehead atoms. The molecule has 1 unspecified atom stereocenters. The maximum absolute atomic E-state index is 9.54. The third-order valence-corrected chi connectivity index (χ3v) is 3.81. The molecule has 2 rings (SSSR count). The summed E-state index contributed by atoms with van der Waals surface area (Å²) in [6.45, 7) is 6.54. The van der Waals surface area contributed by atoms with Gasteiger partial charge in [0.1, 0.15) is 0 Å². The first-order valence-electron chi connectivity index (χ1n) is 6.18. The van der Waals surface area contributed by atoms with Gasteiger partial charge in [-0.3, -0.25) is 4.90 Å². The summed E-state index contributed by atoms with van der Waals surface area (Å²) in [6, 6.07) is 10.5. The molecular formula is C14H22N2O. The predicted octanol–water partition coefficient (Wildman–Crippen LogP) is 1.58. The van der Waals surface area contributed by atoms with Crippen molar-refractivity contribution in [2.75, 3.05) is 31.6 Å². The molecule has 3 heteroatoms. The molecule has 1 aliphatic heterocycles. The Morgan fingerprint density at radius 2 is 1.94 bits per heavy atom. The Kier molecular flexibility index (Phi) is 3.40. The zero-order valence-electron chi connectivity index (χ0n) is 10.9. The van der Waals surface area contributed by atoms with Crippen molar-refractivity contribution in [1.82, 2.24) is 4.90 Å². The highest BCUT2D eigenvalue weighted by molar-refractivity contribution is 5.48. The van der Waals surface area contributed by atoms with E-state index >= 15 is 0 Å². The smallest absolute Gasteiger partial charge is 0.0648 e. The molecule has 1 saturated heterocycles. The van der Waals surface area contributed by atoms with Gasteiger partial charge in [-0.2, -0.15) is 0 Å². The number of aliphatic hydroxyl groups excluding tert-OH is 1. The lowest BCUT2D eigenvalue weighted by atomic mass is 9.96. The van der Waals surface area contributed by atoms with Crippen LogP contribution in [0.25, 0.3) is 0 Å². The minimum absolute atomic E-state index is 0.140. The Labute approximate surface area is 104 Å². The number of anilines is 1. The normalized spacial score (nSPS) is 24.9. The van der Waals surface area contributed by atoms with E-state index in [2.05, 4.69) is 55.0 Å². The molecule has 1 heterocycles. The van der Waals surface area contributed by atoms with Crippen molar-refractivity contribution >= 4 is 5.69 Å². The van der Waals surface area contributed by atoms with Crippen LogP contribution in [-0.4, -0.2) is 48.3 Å². The lowest BCUT2D eigenvalue weighted by Gasteiger charge is -2.50. The highest BCUT2D eigenvalue weighted by Gasteiger charge is 2.36. The minimum Gasteiger partial charge on any atom is -0.394 e. The van der Waals surface area contributed by atoms with E-state index in [9.17, 15) is 5.11 Å². The van der Waals surface area contributed by atoms with Gasteiger partial charge in [0, 0.05) is 24.3 Å². The maximum Gasteiger partial charge on any atom is 0.0648 e. The van der Waals surface area contributed by atoms with Gasteiger partial charge in [-0.05, 0) is 33.0 Å². The van der Waals surface area contributed by atoms with Crippen molar-refractivity contribution in [3.8, 4) is 0 Å². The summed E-state index contributed by atoms with van der Waals surface area (Å²) in [5, 5.41) is 9.54. The largest absolute Gasteiger partial charge is 0.394 e. The summed E-state index contributed by atoms with van der Waals surface area (Å²) < 4.78 is 0. The van der Waals surface area contributed by atoms with E-state index in [0.717, 1.165) is 13.1 Å². The van der Waals surface area contributed by atoms with Gasteiger partial charge in [-0.25, -0.2) is 0 Å². The van der Waals surface area contributed by atoms with Crippen molar-refractivity contribution in [2.45, 2.75) is 25.4 Å². The molecule has 1 aliphatic rings. The summed E-state index contributed by atoms with van der Waals surface area (Å²) in [5.74, 6) is 0. The molecule has 17 heavy (non-hydrogen) atoms. The summed E-state index contributed by atoms with van der Waals surface area (Å²) in [5.41, 5.74) is 1.34. The Morgan fingerprint density at radius 3 is 2.53 bits per heavy atom. The lowest BCUT2D eigenvalue weighted by molar-refractivity contribution is 0.0932. The van der Waals surface area contributed by atoms with Crippen molar-refractivity contribution in [3.63, 3.8) is 0 Å². The van der Waals surface area contributed by atoms with Crippen molar-refractivity contribution < 1.29 is 5.11 Å². The molecule has 1 aromatic carbocycles. The van der Waals surface area contributed by atoms with E-state index in [4.69, 9.17) is 0 Å². The van der Waals surface area contributed by atoms with Gasteiger partial charge in [0.05, 0.1) is 12.6 Å². The molecule has 3 nitrogen and oxygen atoms in total. The third kappa shape index (κ3) is 2.45. The summed E-state index contributed by atoms with van der Waals surface area (Å²) in [7, 11) is 2.13. The van der Waals surface area contributed by atoms with Crippen LogP contribution in [0.2, 0.25) is 0 Å². The van der Waals surface area contributed by atoms with E-state index in [1.807, 2.05) is 6.07 Å². The van der Waals surface area contributed by atoms with Crippen LogP contribution in [-0.2, 0) is 0 Å². The van der Waals surface area contributed by atoms with Crippen molar-refractivity contribution in [1.29, 1.82) is 0 Å². The van der Waals surface area contributed by atoms with Crippen LogP contribution < -0.4 is 4.90 Å². The number of para-hydroxylation sites is 1. The predicted molar refractivity (Wildman–Crippen MR) is 71.4 cm³/mol. The topological polar surface area (TPSA) is 26.7 Å². The van der Waals surface area contributed by atoms with Gasteiger partial charge in [-0.1, -0.05) is 18.2 Å². The number of nitrogens with zero attached hydrogens (tertiary/aromatic N) is 2. The SMILES string of the molecule is CN1CC(CO)N(c2ccccc2)CC1(C)C. The molecule has 0 saturated carbocycles. The van der Waals surface area contributed by atoms with E-state index in [1.165, 1.54) is 5.69 Å². The van der Waals surface area contributed by atoms with Gasteiger partial charge >= 0.3 is 0 Å². The lowest BCUT2D eigenvalue weighted by Crippen LogP contribution is -2.63. The minimum atomic E-state index is 0.140. The van der Waals surface area contributed by atoms with Gasteiger partial charge in [0.15, 0.2) is 0 Å². The second-order valence-corrected chi connectivity index (χ2v) is 5.49. The summed E-state index contributed by atoms with van der Waals surface area (Å²) >= 11 is 0. The zero-order valence-corrected chi connectivity index (χ0v) is 10.9. The second kappa shape index (κ2) is 4.67. The quantitative estimate of drug-likeness (QED) is 0.841. The highest BCUT2D eigenvalue weighted by atomic mass is 16.3. The van der Waals surface area contributed by atoms with Crippen LogP contribution >= 0.6 is 0 Å². The van der Waals surface area contributed by atoms with Crippen LogP contribution in [0.5, 0.6) is 0 Å². The van der Waals surface area contributed by atoms with Crippen LogP contribution in [0.15, 0.2) is 30.3 Å². The molecule has 0 spiro atoms. The monoisotopic (exact) mass is 234 g/mol. The van der Waals surface area contributed by atoms with Gasteiger partial charge < -0.3 is 10.0 Å². The molecule has 0 aliphatic carbocycles. The number of benzene rings is 1. The fourth-order valence-corrected chi connectivity index (χ4v) is 2.41. The Bertz CT molecular complexity index is 364. The number of aliphatic hydroxyl groups is 1. The van der Waals surface area contributed by atoms with E-state index in [0.29, 0.717) is 0 Å². The Hall–Kier alpha value is -1.06. The molecule has 1 atom stereocenters. The zero-order chi connectivity index (χ0) is 12.5. The van der Waals surface area contributed by atoms with Crippen LogP contribution in [0.3, 0.4) is 0 Å². The first-order chi connectivity index (χ1) is 8.04. The number of hydrogen-bond donors (Lipinski definition) is 1. The number of piperazine rings is 1. The highest BCUT2D eigenvalue weighted by Crippen LogP contribution is 2.27. The average Bonchev–Trinajstić information content (AvgIpc) is 2.33. The van der Waals surface area contributed by atoms with Gasteiger partial charge in [0.25, 0.3) is 0 Å². The van der Waals surface area contributed by atoms with Crippen LogP contribution in [0.4, 0.5) is 5.69 Å². The number of likely N-dealkylation sites (N-methyl/N-ethyl adjacent to an activating group) is 1. The van der Waals surface area contributed by atoms with E-state index in [-0.39, 0.29) is 18.2 Å². The van der Waals surface area contributed by atoms with Gasteiger partial charge in [-0.15, -0.1) is 0 Å². The van der Waals surface area contributed by atoms with Crippen molar-refractivity contribution in [3.05, 3.63) is 30.3 Å². The maximum atomic E-state index is 9.54. The molecule has 1 aromatic rings.